The Labute approximate surface area is 178 Å². The van der Waals surface area contributed by atoms with E-state index in [0.717, 1.165) is 11.3 Å². The number of carbonyl (C=O) groups is 2. The van der Waals surface area contributed by atoms with E-state index in [1.54, 1.807) is 6.92 Å². The topological polar surface area (TPSA) is 125 Å². The van der Waals surface area contributed by atoms with Gasteiger partial charge in [-0.15, -0.1) is 0 Å². The first-order valence-corrected chi connectivity index (χ1v) is 12.9. The molecule has 1 aromatic carbocycles. The molecule has 0 bridgehead atoms. The van der Waals surface area contributed by atoms with Gasteiger partial charge in [-0.05, 0) is 0 Å². The molecule has 1 fully saturated rings. The molecule has 11 heteroatoms. The Morgan fingerprint density at radius 2 is 1.97 bits per heavy atom. The van der Waals surface area contributed by atoms with Gasteiger partial charge in [-0.3, -0.25) is 0 Å². The summed E-state index contributed by atoms with van der Waals surface area (Å²) >= 11 is -0.449. The van der Waals surface area contributed by atoms with Gasteiger partial charge in [0, 0.05) is 0 Å². The number of aryl methyl sites for hydroxylation is 1. The standard InChI is InChI=1S/C18H17AsN2O6S2/c1-11-16(29(25,26)21-4-6-27-7-5-21)9-15(28-11)17(22)19-14-3-2-12(10-20)8-13(14)18(23)24/h2-3,8-9,19H,4-7H2,1H3,(H,23,24). The average molecular weight is 496 g/mol. The fraction of sp³-hybridized carbons (Fsp3) is 0.278. The summed E-state index contributed by atoms with van der Waals surface area (Å²) in [6.45, 7) is 2.84. The molecule has 1 unspecified atom stereocenters. The first-order chi connectivity index (χ1) is 13.7. The number of morpholine rings is 1. The molecule has 0 amide bonds. The van der Waals surface area contributed by atoms with Crippen molar-refractivity contribution in [2.75, 3.05) is 26.3 Å². The Hall–Kier alpha value is -2.02. The van der Waals surface area contributed by atoms with Gasteiger partial charge in [0.2, 0.25) is 0 Å². The fourth-order valence-corrected chi connectivity index (χ4v) is 8.17. The Bertz CT molecular complexity index is 1110. The summed E-state index contributed by atoms with van der Waals surface area (Å²) in [6.07, 6.45) is 0. The second kappa shape index (κ2) is 8.77. The van der Waals surface area contributed by atoms with Gasteiger partial charge in [0.15, 0.2) is 0 Å². The van der Waals surface area contributed by atoms with Gasteiger partial charge in [0.25, 0.3) is 0 Å². The van der Waals surface area contributed by atoms with Crippen molar-refractivity contribution in [1.29, 1.82) is 5.26 Å². The van der Waals surface area contributed by atoms with Crippen LogP contribution in [0.1, 0.15) is 30.5 Å². The van der Waals surface area contributed by atoms with Crippen LogP contribution in [0.2, 0.25) is 0 Å². The van der Waals surface area contributed by atoms with Crippen molar-refractivity contribution in [3.63, 3.8) is 0 Å². The number of benzene rings is 1. The number of carbonyl (C=O) groups excluding carboxylic acids is 1. The molecule has 2 heterocycles. The van der Waals surface area contributed by atoms with E-state index in [9.17, 15) is 23.1 Å². The van der Waals surface area contributed by atoms with Crippen molar-refractivity contribution in [2.45, 2.75) is 11.8 Å². The molecule has 3 rings (SSSR count). The third kappa shape index (κ3) is 4.60. The Kier molecular flexibility index (Phi) is 6.56. The summed E-state index contributed by atoms with van der Waals surface area (Å²) < 4.78 is 32.4. The Morgan fingerprint density at radius 1 is 1.28 bits per heavy atom. The molecule has 152 valence electrons. The molecule has 1 saturated heterocycles. The predicted octanol–water partition coefficient (Wildman–Crippen LogP) is 0.550. The number of carboxylic acids is 1. The average Bonchev–Trinajstić information content (AvgIpc) is 3.11. The number of rotatable bonds is 6. The first-order valence-electron chi connectivity index (χ1n) is 8.51. The molecule has 1 N–H and O–H groups in total. The molecular formula is C18H17AsN2O6S2. The number of ether oxygens (including phenoxy) is 1. The van der Waals surface area contributed by atoms with E-state index in [4.69, 9.17) is 10.00 Å². The van der Waals surface area contributed by atoms with Crippen LogP contribution in [-0.2, 0) is 14.8 Å². The van der Waals surface area contributed by atoms with E-state index in [2.05, 4.69) is 0 Å². The summed E-state index contributed by atoms with van der Waals surface area (Å²) in [5.74, 6) is -1.20. The van der Waals surface area contributed by atoms with Crippen LogP contribution in [0.5, 0.6) is 0 Å². The predicted molar refractivity (Wildman–Crippen MR) is 108 cm³/mol. The summed E-state index contributed by atoms with van der Waals surface area (Å²) in [5.41, 5.74) is 0.142. The molecule has 0 aliphatic carbocycles. The minimum atomic E-state index is -3.71. The van der Waals surface area contributed by atoms with Gasteiger partial charge in [-0.25, -0.2) is 0 Å². The molecule has 8 nitrogen and oxygen atoms in total. The molecule has 1 aliphatic heterocycles. The van der Waals surface area contributed by atoms with Crippen molar-refractivity contribution in [1.82, 2.24) is 4.31 Å². The van der Waals surface area contributed by atoms with Crippen molar-refractivity contribution in [2.24, 2.45) is 0 Å². The molecule has 1 aliphatic rings. The Morgan fingerprint density at radius 3 is 2.59 bits per heavy atom. The van der Waals surface area contributed by atoms with Crippen LogP contribution in [0.3, 0.4) is 0 Å². The van der Waals surface area contributed by atoms with E-state index in [0.29, 0.717) is 27.3 Å². The van der Waals surface area contributed by atoms with Crippen molar-refractivity contribution in [3.8, 4) is 6.07 Å². The molecule has 1 aromatic heterocycles. The van der Waals surface area contributed by atoms with E-state index >= 15 is 0 Å². The SMILES string of the molecule is Cc1sc(C(=O)[AsH]c2ccc(C#N)cc2C(=O)O)cc1S(=O)(=O)N1CCOCC1. The molecule has 2 aromatic rings. The van der Waals surface area contributed by atoms with Crippen LogP contribution in [0.4, 0.5) is 0 Å². The van der Waals surface area contributed by atoms with E-state index in [-0.39, 0.29) is 33.7 Å². The van der Waals surface area contributed by atoms with Crippen LogP contribution in [0.25, 0.3) is 0 Å². The van der Waals surface area contributed by atoms with Gasteiger partial charge in [0.1, 0.15) is 0 Å². The molecule has 0 spiro atoms. The van der Waals surface area contributed by atoms with Gasteiger partial charge < -0.3 is 0 Å². The third-order valence-electron chi connectivity index (χ3n) is 4.31. The number of nitrogens with zero attached hydrogens (tertiary/aromatic N) is 2. The summed E-state index contributed by atoms with van der Waals surface area (Å²) in [4.78, 5) is 25.2. The number of thiophene rings is 1. The number of hydrogen-bond donors (Lipinski definition) is 1. The molecular weight excluding hydrogens is 479 g/mol. The Balaban J connectivity index is 1.88. The number of carboxylic acid groups (broad SMARTS) is 1. The number of nitriles is 1. The maximum absolute atomic E-state index is 12.9. The van der Waals surface area contributed by atoms with E-state index < -0.39 is 31.7 Å². The van der Waals surface area contributed by atoms with Crippen molar-refractivity contribution >= 4 is 52.0 Å². The number of sulfonamides is 1. The van der Waals surface area contributed by atoms with Crippen molar-refractivity contribution < 1.29 is 27.9 Å². The maximum atomic E-state index is 12.9. The van der Waals surface area contributed by atoms with Crippen LogP contribution in [0.15, 0.2) is 29.2 Å². The molecule has 1 atom stereocenters. The van der Waals surface area contributed by atoms with Gasteiger partial charge in [0.05, 0.1) is 0 Å². The quantitative estimate of drug-likeness (QED) is 0.579. The van der Waals surface area contributed by atoms with Crippen molar-refractivity contribution in [3.05, 3.63) is 45.1 Å². The fourth-order valence-electron chi connectivity index (χ4n) is 2.84. The summed E-state index contributed by atoms with van der Waals surface area (Å²) in [6, 6.07) is 7.49. The monoisotopic (exact) mass is 496 g/mol. The summed E-state index contributed by atoms with van der Waals surface area (Å²) in [7, 11) is -3.71. The van der Waals surface area contributed by atoms with Crippen LogP contribution >= 0.6 is 11.3 Å². The van der Waals surface area contributed by atoms with Crippen LogP contribution in [-0.4, -0.2) is 70.4 Å². The zero-order chi connectivity index (χ0) is 21.2. The first kappa shape index (κ1) is 21.7. The number of aromatic carboxylic acids is 1. The zero-order valence-corrected chi connectivity index (χ0v) is 19.1. The number of hydrogen-bond acceptors (Lipinski definition) is 7. The second-order valence-electron chi connectivity index (χ2n) is 6.18. The van der Waals surface area contributed by atoms with Gasteiger partial charge in [-0.2, -0.15) is 0 Å². The molecule has 0 saturated carbocycles. The zero-order valence-electron chi connectivity index (χ0n) is 15.3. The molecule has 29 heavy (non-hydrogen) atoms. The van der Waals surface area contributed by atoms with Crippen LogP contribution < -0.4 is 4.35 Å². The van der Waals surface area contributed by atoms with Gasteiger partial charge >= 0.3 is 179 Å². The second-order valence-corrected chi connectivity index (χ2v) is 11.9. The molecule has 0 radical (unpaired) electrons. The van der Waals surface area contributed by atoms with E-state index in [1.165, 1.54) is 28.6 Å². The summed E-state index contributed by atoms with van der Waals surface area (Å²) in [5, 5.41) is 18.3. The third-order valence-corrected chi connectivity index (χ3v) is 10.4. The normalized spacial score (nSPS) is 15.4. The van der Waals surface area contributed by atoms with Gasteiger partial charge in [-0.1, -0.05) is 0 Å². The minimum absolute atomic E-state index is 0.0631. The van der Waals surface area contributed by atoms with E-state index in [1.807, 2.05) is 6.07 Å². The van der Waals surface area contributed by atoms with Crippen LogP contribution in [0, 0.1) is 18.3 Å².